The van der Waals surface area contributed by atoms with E-state index in [1.807, 2.05) is 0 Å². The van der Waals surface area contributed by atoms with E-state index in [1.54, 1.807) is 55.5 Å². The van der Waals surface area contributed by atoms with E-state index in [2.05, 4.69) is 17.6 Å². The Bertz CT molecular complexity index is 1330. The number of unbranched alkanes of at least 4 members (excludes halogenated alkanes) is 1. The average molecular weight is 537 g/mol. The van der Waals surface area contributed by atoms with E-state index in [0.29, 0.717) is 22.9 Å². The Morgan fingerprint density at radius 3 is 2.26 bits per heavy atom. The first-order valence-electron chi connectivity index (χ1n) is 11.9. The molecule has 3 aromatic carbocycles. The summed E-state index contributed by atoms with van der Waals surface area (Å²) >= 11 is 1.29. The first-order chi connectivity index (χ1) is 18.2. The van der Waals surface area contributed by atoms with Crippen molar-refractivity contribution in [3.8, 4) is 5.75 Å². The molecule has 0 fully saturated rings. The molecular formula is C28H28N2O7S. The monoisotopic (exact) mass is 536 g/mol. The fourth-order valence-electron chi connectivity index (χ4n) is 3.37. The molecule has 0 aliphatic heterocycles. The van der Waals surface area contributed by atoms with Gasteiger partial charge < -0.3 is 25.6 Å². The third-order valence-electron chi connectivity index (χ3n) is 5.40. The van der Waals surface area contributed by atoms with Crippen LogP contribution in [0.4, 0.5) is 11.4 Å². The second kappa shape index (κ2) is 13.3. The summed E-state index contributed by atoms with van der Waals surface area (Å²) in [6.07, 6.45) is 2.02. The predicted octanol–water partition coefficient (Wildman–Crippen LogP) is 5.63. The molecule has 38 heavy (non-hydrogen) atoms. The van der Waals surface area contributed by atoms with E-state index in [-0.39, 0.29) is 17.0 Å². The van der Waals surface area contributed by atoms with Crippen molar-refractivity contribution in [3.63, 3.8) is 0 Å². The van der Waals surface area contributed by atoms with Crippen LogP contribution in [0, 0.1) is 0 Å². The molecule has 0 aliphatic rings. The molecule has 198 valence electrons. The fourth-order valence-corrected chi connectivity index (χ4v) is 4.29. The summed E-state index contributed by atoms with van der Waals surface area (Å²) in [5, 5.41) is 23.6. The van der Waals surface area contributed by atoms with Crippen LogP contribution in [0.3, 0.4) is 0 Å². The number of carboxylic acids is 2. The largest absolute Gasteiger partial charge is 0.494 e. The Kier molecular flexibility index (Phi) is 9.89. The Labute approximate surface area is 224 Å². The van der Waals surface area contributed by atoms with Crippen molar-refractivity contribution in [1.82, 2.24) is 0 Å². The summed E-state index contributed by atoms with van der Waals surface area (Å²) in [5.74, 6) is -2.87. The lowest BCUT2D eigenvalue weighted by atomic mass is 10.0. The first kappa shape index (κ1) is 28.3. The first-order valence-corrected chi connectivity index (χ1v) is 12.8. The minimum atomic E-state index is -1.42. The molecule has 0 saturated heterocycles. The maximum atomic E-state index is 12.8. The quantitative estimate of drug-likeness (QED) is 0.172. The van der Waals surface area contributed by atoms with E-state index in [1.165, 1.54) is 17.8 Å². The van der Waals surface area contributed by atoms with E-state index in [4.69, 9.17) is 9.84 Å². The number of thioether (sulfide) groups is 1. The van der Waals surface area contributed by atoms with E-state index < -0.39 is 28.7 Å². The molecule has 0 bridgehead atoms. The van der Waals surface area contributed by atoms with Gasteiger partial charge in [-0.25, -0.2) is 9.59 Å². The third-order valence-corrected chi connectivity index (χ3v) is 6.50. The van der Waals surface area contributed by atoms with E-state index in [0.717, 1.165) is 30.7 Å². The Hall–Kier alpha value is -4.31. The van der Waals surface area contributed by atoms with Crippen molar-refractivity contribution in [2.24, 2.45) is 0 Å². The molecule has 0 saturated carbocycles. The number of benzene rings is 3. The minimum Gasteiger partial charge on any atom is -0.494 e. The highest BCUT2D eigenvalue weighted by Crippen LogP contribution is 2.27. The lowest BCUT2D eigenvalue weighted by Crippen LogP contribution is -2.22. The number of nitrogens with one attached hydrogen (secondary N) is 2. The van der Waals surface area contributed by atoms with Crippen LogP contribution in [0.2, 0.25) is 0 Å². The van der Waals surface area contributed by atoms with Crippen LogP contribution in [0.25, 0.3) is 0 Å². The maximum Gasteiger partial charge on any atom is 0.336 e. The van der Waals surface area contributed by atoms with Gasteiger partial charge in [-0.15, -0.1) is 11.8 Å². The number of hydrogen-bond acceptors (Lipinski definition) is 6. The van der Waals surface area contributed by atoms with Crippen molar-refractivity contribution < 1.29 is 34.1 Å². The predicted molar refractivity (Wildman–Crippen MR) is 146 cm³/mol. The maximum absolute atomic E-state index is 12.8. The van der Waals surface area contributed by atoms with Crippen LogP contribution in [-0.2, 0) is 4.79 Å². The molecule has 1 atom stereocenters. The van der Waals surface area contributed by atoms with Gasteiger partial charge in [-0.05, 0) is 74.0 Å². The molecule has 3 aromatic rings. The van der Waals surface area contributed by atoms with Crippen molar-refractivity contribution in [2.75, 3.05) is 17.2 Å². The van der Waals surface area contributed by atoms with Gasteiger partial charge in [0.25, 0.3) is 5.91 Å². The van der Waals surface area contributed by atoms with Crippen LogP contribution in [0.1, 0.15) is 57.8 Å². The molecule has 3 rings (SSSR count). The van der Waals surface area contributed by atoms with Gasteiger partial charge in [0.15, 0.2) is 0 Å². The van der Waals surface area contributed by atoms with Crippen LogP contribution >= 0.6 is 11.8 Å². The van der Waals surface area contributed by atoms with Crippen molar-refractivity contribution in [2.45, 2.75) is 36.8 Å². The molecule has 0 aliphatic carbocycles. The summed E-state index contributed by atoms with van der Waals surface area (Å²) in [5.41, 5.74) is 0.217. The number of anilines is 2. The van der Waals surface area contributed by atoms with Gasteiger partial charge in [0.1, 0.15) is 5.75 Å². The van der Waals surface area contributed by atoms with Crippen molar-refractivity contribution >= 4 is 46.9 Å². The second-order valence-corrected chi connectivity index (χ2v) is 9.74. The summed E-state index contributed by atoms with van der Waals surface area (Å²) in [6, 6.07) is 17.2. The zero-order valence-electron chi connectivity index (χ0n) is 20.9. The van der Waals surface area contributed by atoms with E-state index in [9.17, 15) is 24.3 Å². The average Bonchev–Trinajstić information content (AvgIpc) is 2.89. The van der Waals surface area contributed by atoms with Crippen LogP contribution in [0.5, 0.6) is 5.75 Å². The highest BCUT2D eigenvalue weighted by Gasteiger charge is 2.20. The molecule has 0 spiro atoms. The Balaban J connectivity index is 1.62. The van der Waals surface area contributed by atoms with Gasteiger partial charge in [0.05, 0.1) is 28.5 Å². The van der Waals surface area contributed by atoms with Crippen molar-refractivity contribution in [3.05, 3.63) is 83.4 Å². The van der Waals surface area contributed by atoms with Gasteiger partial charge in [-0.3, -0.25) is 9.59 Å². The summed E-state index contributed by atoms with van der Waals surface area (Å²) in [6.45, 7) is 4.50. The number of carbonyl (C=O) groups excluding carboxylic acids is 2. The number of hydrogen-bond donors (Lipinski definition) is 4. The highest BCUT2D eigenvalue weighted by atomic mass is 32.2. The summed E-state index contributed by atoms with van der Waals surface area (Å²) in [7, 11) is 0. The second-order valence-electron chi connectivity index (χ2n) is 8.33. The van der Waals surface area contributed by atoms with Crippen LogP contribution in [0.15, 0.2) is 71.6 Å². The normalized spacial score (nSPS) is 11.3. The lowest BCUT2D eigenvalue weighted by molar-refractivity contribution is -0.115. The van der Waals surface area contributed by atoms with Crippen LogP contribution < -0.4 is 15.4 Å². The molecular weight excluding hydrogens is 508 g/mol. The molecule has 0 radical (unpaired) electrons. The number of carboxylic acid groups (broad SMARTS) is 2. The topological polar surface area (TPSA) is 142 Å². The fraction of sp³-hybridized carbons (Fsp3) is 0.214. The zero-order chi connectivity index (χ0) is 27.7. The van der Waals surface area contributed by atoms with Crippen molar-refractivity contribution in [1.29, 1.82) is 0 Å². The number of rotatable bonds is 12. The molecule has 4 N–H and O–H groups in total. The summed E-state index contributed by atoms with van der Waals surface area (Å²) in [4.78, 5) is 48.9. The Morgan fingerprint density at radius 2 is 1.61 bits per heavy atom. The molecule has 1 unspecified atom stereocenters. The van der Waals surface area contributed by atoms with Gasteiger partial charge >= 0.3 is 11.9 Å². The summed E-state index contributed by atoms with van der Waals surface area (Å²) < 4.78 is 5.63. The molecule has 10 heteroatoms. The number of carbonyl (C=O) groups is 4. The highest BCUT2D eigenvalue weighted by molar-refractivity contribution is 8.00. The Morgan fingerprint density at radius 1 is 0.868 bits per heavy atom. The standard InChI is InChI=1S/C28H28N2O7S/c1-3-4-14-37-21-11-9-19(10-12-21)29-25(31)17(2)38-22-7-5-6-20(16-22)30-26(32)23-13-8-18(27(33)34)15-24(23)28(35)36/h5-13,15-17H,3-4,14H2,1-2H3,(H,29,31)(H,30,32)(H,33,34)(H,35,36). The van der Waals surface area contributed by atoms with E-state index >= 15 is 0 Å². The molecule has 9 nitrogen and oxygen atoms in total. The van der Waals surface area contributed by atoms with Gasteiger partial charge in [-0.2, -0.15) is 0 Å². The number of ether oxygens (including phenoxy) is 1. The minimum absolute atomic E-state index is 0.171. The van der Waals surface area contributed by atoms with Gasteiger partial charge in [0, 0.05) is 16.3 Å². The number of amides is 2. The van der Waals surface area contributed by atoms with Gasteiger partial charge in [-0.1, -0.05) is 19.4 Å². The number of aromatic carboxylic acids is 2. The molecule has 0 aromatic heterocycles. The molecule has 0 heterocycles. The van der Waals surface area contributed by atoms with Gasteiger partial charge in [0.2, 0.25) is 5.91 Å². The molecule has 2 amide bonds. The van der Waals surface area contributed by atoms with Crippen LogP contribution in [-0.4, -0.2) is 45.8 Å². The smallest absolute Gasteiger partial charge is 0.336 e. The third kappa shape index (κ3) is 7.84. The lowest BCUT2D eigenvalue weighted by Gasteiger charge is -2.14. The zero-order valence-corrected chi connectivity index (χ0v) is 21.7. The SMILES string of the molecule is CCCCOc1ccc(NC(=O)C(C)Sc2cccc(NC(=O)c3ccc(C(=O)O)cc3C(=O)O)c2)cc1.